The van der Waals surface area contributed by atoms with Crippen LogP contribution in [0.2, 0.25) is 10.0 Å². The average molecular weight is 313 g/mol. The fraction of sp³-hybridized carbons (Fsp3) is 0.286. The van der Waals surface area contributed by atoms with Crippen molar-refractivity contribution in [2.24, 2.45) is 11.7 Å². The van der Waals surface area contributed by atoms with Crippen molar-refractivity contribution in [3.8, 4) is 0 Å². The molecule has 0 spiro atoms. The number of carbonyl (C=O) groups is 2. The summed E-state index contributed by atoms with van der Waals surface area (Å²) in [6.07, 6.45) is 3.67. The van der Waals surface area contributed by atoms with Gasteiger partial charge in [0.25, 0.3) is 0 Å². The van der Waals surface area contributed by atoms with Crippen molar-refractivity contribution in [2.75, 3.05) is 13.1 Å². The Hall–Kier alpha value is -1.52. The molecule has 4 nitrogen and oxygen atoms in total. The van der Waals surface area contributed by atoms with Crippen LogP contribution < -0.4 is 5.73 Å². The van der Waals surface area contributed by atoms with Crippen molar-refractivity contribution < 1.29 is 9.59 Å². The van der Waals surface area contributed by atoms with Gasteiger partial charge in [-0.05, 0) is 24.1 Å². The number of nitrogens with zero attached hydrogens (tertiary/aromatic N) is 1. The zero-order valence-electron chi connectivity index (χ0n) is 10.7. The van der Waals surface area contributed by atoms with Crippen LogP contribution in [0.1, 0.15) is 12.0 Å². The molecule has 1 aromatic rings. The first kappa shape index (κ1) is 14.9. The Morgan fingerprint density at radius 1 is 1.35 bits per heavy atom. The van der Waals surface area contributed by atoms with Crippen LogP contribution in [0.3, 0.4) is 0 Å². The van der Waals surface area contributed by atoms with Crippen molar-refractivity contribution in [1.29, 1.82) is 0 Å². The molecule has 2 rings (SSSR count). The normalized spacial score (nSPS) is 18.7. The minimum Gasteiger partial charge on any atom is -0.369 e. The maximum absolute atomic E-state index is 12.0. The number of carbonyl (C=O) groups excluding carboxylic acids is 2. The molecule has 0 aliphatic carbocycles. The van der Waals surface area contributed by atoms with Gasteiger partial charge >= 0.3 is 0 Å². The fourth-order valence-corrected chi connectivity index (χ4v) is 2.48. The summed E-state index contributed by atoms with van der Waals surface area (Å²) in [4.78, 5) is 24.7. The predicted molar refractivity (Wildman–Crippen MR) is 79.4 cm³/mol. The van der Waals surface area contributed by atoms with Gasteiger partial charge in [-0.15, -0.1) is 0 Å². The SMILES string of the molecule is NC(=O)C1CCN(C(=O)C=Cc2cccc(Cl)c2Cl)C1. The van der Waals surface area contributed by atoms with Crippen LogP contribution >= 0.6 is 23.2 Å². The van der Waals surface area contributed by atoms with E-state index in [1.54, 1.807) is 29.2 Å². The van der Waals surface area contributed by atoms with Crippen LogP contribution in [0.4, 0.5) is 0 Å². The predicted octanol–water partition coefficient (Wildman–Crippen LogP) is 2.34. The minimum absolute atomic E-state index is 0.162. The highest BCUT2D eigenvalue weighted by atomic mass is 35.5. The number of hydrogen-bond donors (Lipinski definition) is 1. The van der Waals surface area contributed by atoms with Gasteiger partial charge in [0, 0.05) is 19.2 Å². The van der Waals surface area contributed by atoms with Gasteiger partial charge in [0.2, 0.25) is 11.8 Å². The van der Waals surface area contributed by atoms with Gasteiger partial charge in [-0.2, -0.15) is 0 Å². The fourth-order valence-electron chi connectivity index (χ4n) is 2.11. The lowest BCUT2D eigenvalue weighted by molar-refractivity contribution is -0.125. The van der Waals surface area contributed by atoms with E-state index in [0.717, 1.165) is 0 Å². The van der Waals surface area contributed by atoms with Crippen LogP contribution in [0.5, 0.6) is 0 Å². The maximum atomic E-state index is 12.0. The van der Waals surface area contributed by atoms with E-state index < -0.39 is 0 Å². The highest BCUT2D eigenvalue weighted by Gasteiger charge is 2.28. The Balaban J connectivity index is 2.03. The molecule has 1 heterocycles. The molecule has 1 aromatic carbocycles. The quantitative estimate of drug-likeness (QED) is 0.871. The molecule has 1 unspecified atom stereocenters. The first-order valence-electron chi connectivity index (χ1n) is 6.19. The zero-order valence-corrected chi connectivity index (χ0v) is 12.2. The summed E-state index contributed by atoms with van der Waals surface area (Å²) in [5, 5.41) is 0.853. The summed E-state index contributed by atoms with van der Waals surface area (Å²) in [7, 11) is 0. The molecule has 0 bridgehead atoms. The molecule has 2 N–H and O–H groups in total. The van der Waals surface area contributed by atoms with Gasteiger partial charge < -0.3 is 10.6 Å². The lowest BCUT2D eigenvalue weighted by Crippen LogP contribution is -2.30. The van der Waals surface area contributed by atoms with Gasteiger partial charge in [0.1, 0.15) is 0 Å². The molecular formula is C14H14Cl2N2O2. The van der Waals surface area contributed by atoms with Gasteiger partial charge in [0.15, 0.2) is 0 Å². The number of halogens is 2. The van der Waals surface area contributed by atoms with Gasteiger partial charge in [-0.1, -0.05) is 35.3 Å². The lowest BCUT2D eigenvalue weighted by Gasteiger charge is -2.13. The molecule has 1 aliphatic heterocycles. The van der Waals surface area contributed by atoms with Gasteiger partial charge in [-0.25, -0.2) is 0 Å². The summed E-state index contributed by atoms with van der Waals surface area (Å²) in [6.45, 7) is 0.918. The molecule has 0 aromatic heterocycles. The Morgan fingerprint density at radius 3 is 2.75 bits per heavy atom. The van der Waals surface area contributed by atoms with Crippen LogP contribution in [-0.2, 0) is 9.59 Å². The Bertz CT molecular complexity index is 572. The first-order chi connectivity index (χ1) is 9.49. The average Bonchev–Trinajstić information content (AvgIpc) is 2.90. The maximum Gasteiger partial charge on any atom is 0.246 e. The number of benzene rings is 1. The number of likely N-dealkylation sites (tertiary alicyclic amines) is 1. The zero-order chi connectivity index (χ0) is 14.7. The summed E-state index contributed by atoms with van der Waals surface area (Å²) in [5.41, 5.74) is 5.91. The van der Waals surface area contributed by atoms with Gasteiger partial charge in [0.05, 0.1) is 16.0 Å². The molecule has 106 valence electrons. The molecule has 0 radical (unpaired) electrons. The highest BCUT2D eigenvalue weighted by Crippen LogP contribution is 2.26. The molecule has 6 heteroatoms. The van der Waals surface area contributed by atoms with Crippen molar-refractivity contribution in [2.45, 2.75) is 6.42 Å². The Morgan fingerprint density at radius 2 is 2.10 bits per heavy atom. The third-order valence-electron chi connectivity index (χ3n) is 3.29. The van der Waals surface area contributed by atoms with Gasteiger partial charge in [-0.3, -0.25) is 9.59 Å². The molecule has 2 amide bonds. The van der Waals surface area contributed by atoms with Crippen molar-refractivity contribution in [3.05, 3.63) is 39.9 Å². The lowest BCUT2D eigenvalue weighted by atomic mass is 10.1. The van der Waals surface area contributed by atoms with Crippen molar-refractivity contribution in [1.82, 2.24) is 4.90 Å². The van der Waals surface area contributed by atoms with Crippen LogP contribution in [0, 0.1) is 5.92 Å². The second kappa shape index (κ2) is 6.29. The molecule has 20 heavy (non-hydrogen) atoms. The smallest absolute Gasteiger partial charge is 0.246 e. The monoisotopic (exact) mass is 312 g/mol. The third-order valence-corrected chi connectivity index (χ3v) is 4.12. The standard InChI is InChI=1S/C14H14Cl2N2O2/c15-11-3-1-2-9(13(11)16)4-5-12(19)18-7-6-10(8-18)14(17)20/h1-5,10H,6-8H2,(H2,17,20). The van der Waals surface area contributed by atoms with E-state index in [4.69, 9.17) is 28.9 Å². The second-order valence-electron chi connectivity index (χ2n) is 4.65. The number of hydrogen-bond acceptors (Lipinski definition) is 2. The van der Waals surface area contributed by atoms with E-state index in [1.807, 2.05) is 0 Å². The first-order valence-corrected chi connectivity index (χ1v) is 6.95. The topological polar surface area (TPSA) is 63.4 Å². The van der Waals surface area contributed by atoms with Crippen LogP contribution in [-0.4, -0.2) is 29.8 Å². The number of primary amides is 1. The van der Waals surface area contributed by atoms with E-state index in [9.17, 15) is 9.59 Å². The summed E-state index contributed by atoms with van der Waals surface area (Å²) >= 11 is 11.9. The Kier molecular flexibility index (Phi) is 4.68. The highest BCUT2D eigenvalue weighted by molar-refractivity contribution is 6.42. The molecule has 1 atom stereocenters. The van der Waals surface area contributed by atoms with E-state index in [0.29, 0.717) is 35.1 Å². The van der Waals surface area contributed by atoms with Crippen LogP contribution in [0.25, 0.3) is 6.08 Å². The molecule has 1 fully saturated rings. The van der Waals surface area contributed by atoms with Crippen molar-refractivity contribution >= 4 is 41.1 Å². The van der Waals surface area contributed by atoms with E-state index >= 15 is 0 Å². The third kappa shape index (κ3) is 3.32. The summed E-state index contributed by atoms with van der Waals surface area (Å²) in [6, 6.07) is 5.21. The molecule has 0 saturated carbocycles. The second-order valence-corrected chi connectivity index (χ2v) is 5.43. The summed E-state index contributed by atoms with van der Waals surface area (Å²) < 4.78 is 0. The van der Waals surface area contributed by atoms with E-state index in [-0.39, 0.29) is 17.7 Å². The number of nitrogens with two attached hydrogens (primary N) is 1. The largest absolute Gasteiger partial charge is 0.369 e. The van der Waals surface area contributed by atoms with Crippen molar-refractivity contribution in [3.63, 3.8) is 0 Å². The summed E-state index contributed by atoms with van der Waals surface area (Å²) in [5.74, 6) is -0.769. The number of rotatable bonds is 3. The van der Waals surface area contributed by atoms with E-state index in [2.05, 4.69) is 0 Å². The number of amides is 2. The molecular weight excluding hydrogens is 299 g/mol. The van der Waals surface area contributed by atoms with E-state index in [1.165, 1.54) is 6.08 Å². The van der Waals surface area contributed by atoms with Crippen LogP contribution in [0.15, 0.2) is 24.3 Å². The Labute approximate surface area is 127 Å². The molecule has 1 saturated heterocycles. The molecule has 1 aliphatic rings. The minimum atomic E-state index is -0.359.